The Bertz CT molecular complexity index is 2110. The highest BCUT2D eigenvalue weighted by molar-refractivity contribution is 5.96. The summed E-state index contributed by atoms with van der Waals surface area (Å²) in [6.07, 6.45) is 3.45. The summed E-state index contributed by atoms with van der Waals surface area (Å²) in [5, 5.41) is 7.61. The minimum Gasteiger partial charge on any atom is -0.492 e. The number of nitrogens with zero attached hydrogens (tertiary/aromatic N) is 5. The number of rotatable bonds is 10. The molecule has 0 radical (unpaired) electrons. The van der Waals surface area contributed by atoms with Crippen LogP contribution in [0.1, 0.15) is 5.56 Å². The number of hydrogen-bond acceptors (Lipinski definition) is 7. The summed E-state index contributed by atoms with van der Waals surface area (Å²) < 4.78 is 26.5. The van der Waals surface area contributed by atoms with Crippen LogP contribution in [0.5, 0.6) is 11.5 Å². The number of ether oxygens (including phenoxy) is 2. The van der Waals surface area contributed by atoms with Crippen molar-refractivity contribution in [2.45, 2.75) is 6.61 Å². The van der Waals surface area contributed by atoms with Crippen LogP contribution in [0.15, 0.2) is 97.3 Å². The van der Waals surface area contributed by atoms with Gasteiger partial charge in [-0.05, 0) is 61.6 Å². The number of halogens is 1. The summed E-state index contributed by atoms with van der Waals surface area (Å²) in [6.45, 7) is 1.62. The third-order valence-electron chi connectivity index (χ3n) is 7.39. The molecule has 0 aliphatic rings. The molecule has 0 saturated heterocycles. The highest BCUT2D eigenvalue weighted by Crippen LogP contribution is 2.34. The fourth-order valence-electron chi connectivity index (χ4n) is 5.13. The second-order valence-corrected chi connectivity index (χ2v) is 11.0. The topological polar surface area (TPSA) is 105 Å². The summed E-state index contributed by atoms with van der Waals surface area (Å²) in [4.78, 5) is 19.6. The van der Waals surface area contributed by atoms with Gasteiger partial charge in [-0.25, -0.2) is 14.4 Å². The first-order valence-corrected chi connectivity index (χ1v) is 14.5. The van der Waals surface area contributed by atoms with Crippen LogP contribution in [0, 0.1) is 5.82 Å². The molecule has 0 bridgehead atoms. The van der Waals surface area contributed by atoms with Gasteiger partial charge in [0.15, 0.2) is 11.5 Å². The molecule has 0 aliphatic carbocycles. The highest BCUT2D eigenvalue weighted by Gasteiger charge is 2.18. The van der Waals surface area contributed by atoms with Gasteiger partial charge in [0, 0.05) is 29.9 Å². The summed E-state index contributed by atoms with van der Waals surface area (Å²) >= 11 is 0. The number of likely N-dealkylation sites (N-methyl/N-ethyl adjacent to an activating group) is 1. The van der Waals surface area contributed by atoms with Crippen LogP contribution in [-0.2, 0) is 6.61 Å². The zero-order valence-corrected chi connectivity index (χ0v) is 24.8. The maximum atomic E-state index is 14.7. The molecule has 9 nitrogen and oxygen atoms in total. The predicted molar refractivity (Wildman–Crippen MR) is 172 cm³/mol. The lowest BCUT2D eigenvalue weighted by atomic mass is 10.0. The van der Waals surface area contributed by atoms with E-state index in [1.165, 1.54) is 12.1 Å². The first-order valence-electron chi connectivity index (χ1n) is 14.5. The molecule has 45 heavy (non-hydrogen) atoms. The van der Waals surface area contributed by atoms with Crippen LogP contribution in [-0.4, -0.2) is 62.3 Å². The van der Waals surface area contributed by atoms with Crippen LogP contribution in [0.3, 0.4) is 0 Å². The SMILES string of the molecule is CN(C)CCOc1cc(F)cc(-c2cccc3[nH]c(-c4n[nH]c5ccc(-c6cncc(OCc7ccccc7)c6)nc45)nc23)c1. The molecule has 7 rings (SSSR count). The van der Waals surface area contributed by atoms with Crippen molar-refractivity contribution in [1.82, 2.24) is 35.0 Å². The lowest BCUT2D eigenvalue weighted by Gasteiger charge is -2.12. The molecule has 7 aromatic rings. The highest BCUT2D eigenvalue weighted by atomic mass is 19.1. The molecule has 0 fully saturated rings. The van der Waals surface area contributed by atoms with E-state index in [0.717, 1.165) is 40.0 Å². The van der Waals surface area contributed by atoms with Crippen molar-refractivity contribution >= 4 is 22.1 Å². The molecule has 0 unspecified atom stereocenters. The number of aromatic amines is 2. The van der Waals surface area contributed by atoms with Crippen LogP contribution in [0.25, 0.3) is 56.0 Å². The van der Waals surface area contributed by atoms with E-state index in [1.807, 2.05) is 91.8 Å². The fraction of sp³-hybridized carbons (Fsp3) is 0.143. The Morgan fingerprint density at radius 3 is 2.51 bits per heavy atom. The number of imidazole rings is 1. The molecule has 0 saturated carbocycles. The predicted octanol–water partition coefficient (Wildman–Crippen LogP) is 6.89. The molecule has 224 valence electrons. The van der Waals surface area contributed by atoms with Gasteiger partial charge in [-0.3, -0.25) is 10.1 Å². The van der Waals surface area contributed by atoms with E-state index >= 15 is 0 Å². The van der Waals surface area contributed by atoms with Gasteiger partial charge >= 0.3 is 0 Å². The number of fused-ring (bicyclic) bond motifs is 2. The van der Waals surface area contributed by atoms with E-state index in [-0.39, 0.29) is 5.82 Å². The summed E-state index contributed by atoms with van der Waals surface area (Å²) in [6, 6.07) is 26.3. The Kier molecular flexibility index (Phi) is 7.62. The zero-order valence-electron chi connectivity index (χ0n) is 24.8. The first-order chi connectivity index (χ1) is 22.0. The largest absolute Gasteiger partial charge is 0.492 e. The molecule has 0 spiro atoms. The van der Waals surface area contributed by atoms with E-state index in [0.29, 0.717) is 52.8 Å². The average molecular weight is 600 g/mol. The fourth-order valence-corrected chi connectivity index (χ4v) is 5.13. The van der Waals surface area contributed by atoms with Crippen molar-refractivity contribution < 1.29 is 13.9 Å². The third kappa shape index (κ3) is 6.09. The van der Waals surface area contributed by atoms with Gasteiger partial charge in [0.25, 0.3) is 0 Å². The Balaban J connectivity index is 1.20. The molecule has 4 aromatic heterocycles. The van der Waals surface area contributed by atoms with Crippen LogP contribution in [0.2, 0.25) is 0 Å². The number of pyridine rings is 2. The van der Waals surface area contributed by atoms with Gasteiger partial charge in [-0.1, -0.05) is 42.5 Å². The second kappa shape index (κ2) is 12.2. The van der Waals surface area contributed by atoms with Gasteiger partial charge in [0.1, 0.15) is 36.0 Å². The second-order valence-electron chi connectivity index (χ2n) is 11.0. The minimum absolute atomic E-state index is 0.376. The summed E-state index contributed by atoms with van der Waals surface area (Å²) in [5.41, 5.74) is 7.55. The molecule has 10 heteroatoms. The van der Waals surface area contributed by atoms with Gasteiger partial charge in [-0.2, -0.15) is 5.10 Å². The number of aromatic nitrogens is 6. The van der Waals surface area contributed by atoms with Crippen molar-refractivity contribution in [2.75, 3.05) is 27.2 Å². The Labute approximate surface area is 258 Å². The quantitative estimate of drug-likeness (QED) is 0.176. The molecular weight excluding hydrogens is 569 g/mol. The normalized spacial score (nSPS) is 11.5. The molecule has 4 heterocycles. The zero-order chi connectivity index (χ0) is 30.8. The number of nitrogens with one attached hydrogen (secondary N) is 2. The van der Waals surface area contributed by atoms with Gasteiger partial charge < -0.3 is 19.4 Å². The minimum atomic E-state index is -0.376. The van der Waals surface area contributed by atoms with Crippen LogP contribution >= 0.6 is 0 Å². The molecule has 0 atom stereocenters. The smallest absolute Gasteiger partial charge is 0.161 e. The monoisotopic (exact) mass is 599 g/mol. The first kappa shape index (κ1) is 28.2. The standard InChI is InChI=1S/C35H30FN7O2/c1-43(2)13-14-44-26-16-23(15-25(36)18-26)28-9-6-10-30-32(28)40-35(39-30)34-33-31(41-42-34)12-11-29(38-33)24-17-27(20-37-19-24)45-21-22-7-4-3-5-8-22/h3-12,15-20H,13-14,21H2,1-2H3,(H,39,40)(H,41,42). The van der Waals surface area contributed by atoms with E-state index < -0.39 is 0 Å². The van der Waals surface area contributed by atoms with Crippen molar-refractivity contribution in [2.24, 2.45) is 0 Å². The number of benzene rings is 3. The number of hydrogen-bond donors (Lipinski definition) is 2. The van der Waals surface area contributed by atoms with Gasteiger partial charge in [-0.15, -0.1) is 0 Å². The summed E-state index contributed by atoms with van der Waals surface area (Å²) in [7, 11) is 3.93. The van der Waals surface area contributed by atoms with E-state index in [1.54, 1.807) is 12.4 Å². The van der Waals surface area contributed by atoms with Gasteiger partial charge in [0.05, 0.1) is 28.4 Å². The lowest BCUT2D eigenvalue weighted by molar-refractivity contribution is 0.260. The molecule has 0 amide bonds. The lowest BCUT2D eigenvalue weighted by Crippen LogP contribution is -2.19. The molecule has 2 N–H and O–H groups in total. The van der Waals surface area contributed by atoms with Crippen molar-refractivity contribution in [3.63, 3.8) is 0 Å². The number of para-hydroxylation sites is 1. The molecular formula is C35H30FN7O2. The number of H-pyrrole nitrogens is 2. The summed E-state index contributed by atoms with van der Waals surface area (Å²) in [5.74, 6) is 1.29. The molecule has 3 aromatic carbocycles. The molecule has 0 aliphatic heterocycles. The van der Waals surface area contributed by atoms with E-state index in [2.05, 4.69) is 20.2 Å². The Morgan fingerprint density at radius 2 is 1.64 bits per heavy atom. The Morgan fingerprint density at radius 1 is 0.778 bits per heavy atom. The van der Waals surface area contributed by atoms with Crippen molar-refractivity contribution in [3.8, 4) is 45.4 Å². The van der Waals surface area contributed by atoms with Crippen molar-refractivity contribution in [1.29, 1.82) is 0 Å². The van der Waals surface area contributed by atoms with E-state index in [9.17, 15) is 4.39 Å². The van der Waals surface area contributed by atoms with Gasteiger partial charge in [0.2, 0.25) is 0 Å². The maximum Gasteiger partial charge on any atom is 0.161 e. The average Bonchev–Trinajstić information content (AvgIpc) is 3.68. The van der Waals surface area contributed by atoms with E-state index in [4.69, 9.17) is 19.4 Å². The maximum absolute atomic E-state index is 14.7. The van der Waals surface area contributed by atoms with Crippen LogP contribution < -0.4 is 9.47 Å². The Hall–Kier alpha value is -5.61. The van der Waals surface area contributed by atoms with Crippen molar-refractivity contribution in [3.05, 3.63) is 109 Å². The van der Waals surface area contributed by atoms with Crippen LogP contribution in [0.4, 0.5) is 4.39 Å². The third-order valence-corrected chi connectivity index (χ3v) is 7.39.